The van der Waals surface area contributed by atoms with Crippen LogP contribution in [0.25, 0.3) is 0 Å². The lowest BCUT2D eigenvalue weighted by molar-refractivity contribution is -0.138. The van der Waals surface area contributed by atoms with E-state index in [4.69, 9.17) is 23.2 Å². The van der Waals surface area contributed by atoms with Crippen LogP contribution in [0.1, 0.15) is 37.8 Å². The third kappa shape index (κ3) is 7.53. The first kappa shape index (κ1) is 24.6. The van der Waals surface area contributed by atoms with Crippen molar-refractivity contribution >= 4 is 46.8 Å². The Morgan fingerprint density at radius 3 is 2.23 bits per heavy atom. The van der Waals surface area contributed by atoms with Gasteiger partial charge in [-0.05, 0) is 36.6 Å². The maximum Gasteiger partial charge on any atom is 0.242 e. The predicted octanol–water partition coefficient (Wildman–Crippen LogP) is 5.56. The van der Waals surface area contributed by atoms with Gasteiger partial charge >= 0.3 is 0 Å². The summed E-state index contributed by atoms with van der Waals surface area (Å²) in [6, 6.07) is 14.4. The molecule has 0 heterocycles. The molecule has 0 saturated heterocycles. The zero-order valence-electron chi connectivity index (χ0n) is 17.4. The van der Waals surface area contributed by atoms with Crippen molar-refractivity contribution < 1.29 is 9.59 Å². The zero-order chi connectivity index (χ0) is 21.9. The quantitative estimate of drug-likeness (QED) is 0.440. The number of thioether (sulfide) groups is 1. The maximum atomic E-state index is 13.1. The van der Waals surface area contributed by atoms with Gasteiger partial charge in [-0.1, -0.05) is 72.9 Å². The van der Waals surface area contributed by atoms with Crippen molar-refractivity contribution in [3.8, 4) is 0 Å². The summed E-state index contributed by atoms with van der Waals surface area (Å²) in [5, 5.41) is 4.19. The second kappa shape index (κ2) is 12.9. The Bertz CT molecular complexity index is 847. The molecule has 0 aliphatic heterocycles. The molecule has 0 fully saturated rings. The van der Waals surface area contributed by atoms with Crippen molar-refractivity contribution in [3.05, 3.63) is 69.7 Å². The second-order valence-electron chi connectivity index (χ2n) is 7.02. The minimum atomic E-state index is -0.591. The van der Waals surface area contributed by atoms with Gasteiger partial charge in [-0.15, -0.1) is 11.8 Å². The number of hydrogen-bond donors (Lipinski definition) is 1. The van der Waals surface area contributed by atoms with Gasteiger partial charge < -0.3 is 10.2 Å². The molecule has 2 aromatic carbocycles. The molecule has 1 unspecified atom stereocenters. The highest BCUT2D eigenvalue weighted by Gasteiger charge is 2.26. The maximum absolute atomic E-state index is 13.1. The SMILES string of the molecule is CCCCNC(=O)C(C)N(Cc1ccccc1Cl)C(=O)CSCc1ccccc1Cl. The lowest BCUT2D eigenvalue weighted by Gasteiger charge is -2.29. The van der Waals surface area contributed by atoms with Crippen LogP contribution in [0.4, 0.5) is 0 Å². The molecular formula is C23H28Cl2N2O2S. The number of nitrogens with one attached hydrogen (secondary N) is 1. The summed E-state index contributed by atoms with van der Waals surface area (Å²) in [5.74, 6) is 0.620. The molecule has 30 heavy (non-hydrogen) atoms. The number of nitrogens with zero attached hydrogens (tertiary/aromatic N) is 1. The Hall–Kier alpha value is -1.69. The van der Waals surface area contributed by atoms with E-state index in [0.717, 1.165) is 24.0 Å². The van der Waals surface area contributed by atoms with E-state index in [2.05, 4.69) is 12.2 Å². The molecule has 2 amide bonds. The minimum absolute atomic E-state index is 0.106. The number of rotatable bonds is 11. The molecule has 2 rings (SSSR count). The molecule has 0 aromatic heterocycles. The molecule has 7 heteroatoms. The van der Waals surface area contributed by atoms with Gasteiger partial charge in [-0.2, -0.15) is 0 Å². The lowest BCUT2D eigenvalue weighted by atomic mass is 10.1. The normalized spacial score (nSPS) is 11.7. The van der Waals surface area contributed by atoms with Crippen LogP contribution in [0.3, 0.4) is 0 Å². The molecular weight excluding hydrogens is 439 g/mol. The molecule has 0 aliphatic rings. The summed E-state index contributed by atoms with van der Waals surface area (Å²) in [6.07, 6.45) is 1.90. The van der Waals surface area contributed by atoms with Gasteiger partial charge in [0.2, 0.25) is 11.8 Å². The first-order valence-electron chi connectivity index (χ1n) is 10.1. The van der Waals surface area contributed by atoms with Crippen molar-refractivity contribution in [3.63, 3.8) is 0 Å². The minimum Gasteiger partial charge on any atom is -0.354 e. The number of carbonyl (C=O) groups is 2. The van der Waals surface area contributed by atoms with Gasteiger partial charge in [-0.3, -0.25) is 9.59 Å². The Balaban J connectivity index is 2.07. The number of halogens is 2. The number of unbranched alkanes of at least 4 members (excludes halogenated alkanes) is 1. The smallest absolute Gasteiger partial charge is 0.242 e. The Kier molecular flexibility index (Phi) is 10.6. The van der Waals surface area contributed by atoms with Gasteiger partial charge in [0.25, 0.3) is 0 Å². The zero-order valence-corrected chi connectivity index (χ0v) is 19.7. The first-order chi connectivity index (χ1) is 14.4. The van der Waals surface area contributed by atoms with Crippen LogP contribution < -0.4 is 5.32 Å². The predicted molar refractivity (Wildman–Crippen MR) is 127 cm³/mol. The topological polar surface area (TPSA) is 49.4 Å². The van der Waals surface area contributed by atoms with E-state index in [-0.39, 0.29) is 24.1 Å². The molecule has 0 saturated carbocycles. The van der Waals surface area contributed by atoms with E-state index >= 15 is 0 Å². The molecule has 4 nitrogen and oxygen atoms in total. The van der Waals surface area contributed by atoms with Gasteiger partial charge in [0, 0.05) is 28.9 Å². The highest BCUT2D eigenvalue weighted by Crippen LogP contribution is 2.23. The number of amides is 2. The van der Waals surface area contributed by atoms with Crippen LogP contribution in [-0.4, -0.2) is 35.1 Å². The molecule has 0 bridgehead atoms. The molecule has 0 aliphatic carbocycles. The standard InChI is InChI=1S/C23H28Cl2N2O2S/c1-3-4-13-26-23(29)17(2)27(14-18-9-5-7-11-20(18)24)22(28)16-30-15-19-10-6-8-12-21(19)25/h5-12,17H,3-4,13-16H2,1-2H3,(H,26,29). The summed E-state index contributed by atoms with van der Waals surface area (Å²) in [6.45, 7) is 4.72. The third-order valence-corrected chi connectivity index (χ3v) is 6.44. The molecule has 0 spiro atoms. The average Bonchev–Trinajstić information content (AvgIpc) is 2.74. The fourth-order valence-corrected chi connectivity index (χ4v) is 4.27. The first-order valence-corrected chi connectivity index (χ1v) is 12.0. The Morgan fingerprint density at radius 2 is 1.63 bits per heavy atom. The van der Waals surface area contributed by atoms with Crippen LogP contribution >= 0.6 is 35.0 Å². The van der Waals surface area contributed by atoms with E-state index in [1.165, 1.54) is 11.8 Å². The van der Waals surface area contributed by atoms with Gasteiger partial charge in [0.05, 0.1) is 5.75 Å². The van der Waals surface area contributed by atoms with Gasteiger partial charge in [0.1, 0.15) is 6.04 Å². The summed E-state index contributed by atoms with van der Waals surface area (Å²) in [5.41, 5.74) is 1.80. The van der Waals surface area contributed by atoms with E-state index in [0.29, 0.717) is 22.3 Å². The highest BCUT2D eigenvalue weighted by atomic mass is 35.5. The summed E-state index contributed by atoms with van der Waals surface area (Å²) in [7, 11) is 0. The van der Waals surface area contributed by atoms with Crippen LogP contribution in [0.5, 0.6) is 0 Å². The van der Waals surface area contributed by atoms with Crippen molar-refractivity contribution in [2.75, 3.05) is 12.3 Å². The number of benzene rings is 2. The van der Waals surface area contributed by atoms with Crippen LogP contribution in [0.15, 0.2) is 48.5 Å². The third-order valence-electron chi connectivity index (χ3n) is 4.74. The van der Waals surface area contributed by atoms with Crippen molar-refractivity contribution in [2.24, 2.45) is 0 Å². The molecule has 1 atom stereocenters. The van der Waals surface area contributed by atoms with Gasteiger partial charge in [0.15, 0.2) is 0 Å². The lowest BCUT2D eigenvalue weighted by Crippen LogP contribution is -2.48. The van der Waals surface area contributed by atoms with Crippen LogP contribution in [-0.2, 0) is 21.9 Å². The average molecular weight is 467 g/mol. The summed E-state index contributed by atoms with van der Waals surface area (Å²) >= 11 is 14.0. The number of carbonyl (C=O) groups excluding carboxylic acids is 2. The second-order valence-corrected chi connectivity index (χ2v) is 8.82. The largest absolute Gasteiger partial charge is 0.354 e. The van der Waals surface area contributed by atoms with Crippen molar-refractivity contribution in [1.29, 1.82) is 0 Å². The fraction of sp³-hybridized carbons (Fsp3) is 0.391. The fourth-order valence-electron chi connectivity index (χ4n) is 2.88. The summed E-state index contributed by atoms with van der Waals surface area (Å²) < 4.78 is 0. The van der Waals surface area contributed by atoms with E-state index in [1.807, 2.05) is 42.5 Å². The molecule has 1 N–H and O–H groups in total. The molecule has 0 radical (unpaired) electrons. The Labute approximate surface area is 193 Å². The van der Waals surface area contributed by atoms with E-state index in [9.17, 15) is 9.59 Å². The molecule has 2 aromatic rings. The van der Waals surface area contributed by atoms with Crippen molar-refractivity contribution in [1.82, 2.24) is 10.2 Å². The van der Waals surface area contributed by atoms with E-state index in [1.54, 1.807) is 17.9 Å². The highest BCUT2D eigenvalue weighted by molar-refractivity contribution is 7.99. The number of hydrogen-bond acceptors (Lipinski definition) is 3. The van der Waals surface area contributed by atoms with Crippen LogP contribution in [0.2, 0.25) is 10.0 Å². The Morgan fingerprint density at radius 1 is 1.03 bits per heavy atom. The molecule has 162 valence electrons. The van der Waals surface area contributed by atoms with Crippen molar-refractivity contribution in [2.45, 2.75) is 45.0 Å². The summed E-state index contributed by atoms with van der Waals surface area (Å²) in [4.78, 5) is 27.3. The monoisotopic (exact) mass is 466 g/mol. The van der Waals surface area contributed by atoms with E-state index < -0.39 is 6.04 Å². The van der Waals surface area contributed by atoms with Gasteiger partial charge in [-0.25, -0.2) is 0 Å². The van der Waals surface area contributed by atoms with Crippen LogP contribution in [0, 0.1) is 0 Å².